The van der Waals surface area contributed by atoms with Gasteiger partial charge in [-0.25, -0.2) is 4.68 Å². The summed E-state index contributed by atoms with van der Waals surface area (Å²) < 4.78 is 1.87. The van der Waals surface area contributed by atoms with Gasteiger partial charge in [0.25, 0.3) is 0 Å². The van der Waals surface area contributed by atoms with Crippen molar-refractivity contribution in [2.24, 2.45) is 5.92 Å². The largest absolute Gasteiger partial charge is 0.311 e. The Morgan fingerprint density at radius 2 is 2.16 bits per heavy atom. The number of rotatable bonds is 5. The van der Waals surface area contributed by atoms with Gasteiger partial charge in [0, 0.05) is 6.54 Å². The highest BCUT2D eigenvalue weighted by atomic mass is 15.4. The lowest BCUT2D eigenvalue weighted by atomic mass is 10.1. The van der Waals surface area contributed by atoms with Gasteiger partial charge in [-0.15, -0.1) is 5.10 Å². The number of benzene rings is 1. The van der Waals surface area contributed by atoms with Crippen molar-refractivity contribution in [2.75, 3.05) is 6.54 Å². The normalized spacial score (nSPS) is 14.8. The van der Waals surface area contributed by atoms with Crippen LogP contribution in [-0.4, -0.2) is 21.5 Å². The summed E-state index contributed by atoms with van der Waals surface area (Å²) in [6, 6.07) is 6.39. The molecule has 0 amide bonds. The Bertz CT molecular complexity index is 569. The first kappa shape index (κ1) is 12.4. The SMILES string of the molecule is Cc1ccc(C)c(-n2cc(CNCC3CC3)nn2)c1. The van der Waals surface area contributed by atoms with Crippen molar-refractivity contribution in [1.29, 1.82) is 0 Å². The number of hydrogen-bond donors (Lipinski definition) is 1. The minimum Gasteiger partial charge on any atom is -0.311 e. The molecule has 2 aromatic rings. The van der Waals surface area contributed by atoms with E-state index in [0.29, 0.717) is 0 Å². The van der Waals surface area contributed by atoms with E-state index in [1.165, 1.54) is 24.0 Å². The molecule has 0 atom stereocenters. The van der Waals surface area contributed by atoms with E-state index in [1.807, 2.05) is 10.9 Å². The number of hydrogen-bond acceptors (Lipinski definition) is 3. The second-order valence-electron chi connectivity index (χ2n) is 5.52. The van der Waals surface area contributed by atoms with E-state index in [2.05, 4.69) is 47.7 Å². The maximum absolute atomic E-state index is 4.23. The van der Waals surface area contributed by atoms with E-state index in [0.717, 1.165) is 30.4 Å². The number of aryl methyl sites for hydroxylation is 2. The molecule has 1 aliphatic rings. The van der Waals surface area contributed by atoms with E-state index in [9.17, 15) is 0 Å². The Hall–Kier alpha value is -1.68. The molecule has 3 rings (SSSR count). The Balaban J connectivity index is 1.70. The van der Waals surface area contributed by atoms with Crippen molar-refractivity contribution >= 4 is 0 Å². The highest BCUT2D eigenvalue weighted by Gasteiger charge is 2.20. The van der Waals surface area contributed by atoms with Gasteiger partial charge >= 0.3 is 0 Å². The summed E-state index contributed by atoms with van der Waals surface area (Å²) in [6.07, 6.45) is 4.77. The summed E-state index contributed by atoms with van der Waals surface area (Å²) in [4.78, 5) is 0. The Morgan fingerprint density at radius 3 is 2.95 bits per heavy atom. The molecular formula is C15H20N4. The van der Waals surface area contributed by atoms with E-state index >= 15 is 0 Å². The number of nitrogens with one attached hydrogen (secondary N) is 1. The first-order valence-corrected chi connectivity index (χ1v) is 6.92. The van der Waals surface area contributed by atoms with Gasteiger partial charge in [-0.05, 0) is 56.3 Å². The monoisotopic (exact) mass is 256 g/mol. The summed E-state index contributed by atoms with van der Waals surface area (Å²) in [5.41, 5.74) is 4.57. The van der Waals surface area contributed by atoms with Gasteiger partial charge in [0.1, 0.15) is 0 Å². The van der Waals surface area contributed by atoms with Crippen molar-refractivity contribution < 1.29 is 0 Å². The molecule has 1 heterocycles. The van der Waals surface area contributed by atoms with E-state index in [-0.39, 0.29) is 0 Å². The van der Waals surface area contributed by atoms with Crippen molar-refractivity contribution in [1.82, 2.24) is 20.3 Å². The highest BCUT2D eigenvalue weighted by Crippen LogP contribution is 2.27. The van der Waals surface area contributed by atoms with Crippen molar-refractivity contribution in [2.45, 2.75) is 33.2 Å². The standard InChI is InChI=1S/C15H20N4/c1-11-3-4-12(2)15(7-11)19-10-14(17-18-19)9-16-8-13-5-6-13/h3-4,7,10,13,16H,5-6,8-9H2,1-2H3. The van der Waals surface area contributed by atoms with Crippen molar-refractivity contribution in [3.8, 4) is 5.69 Å². The molecule has 0 spiro atoms. The molecule has 100 valence electrons. The summed E-state index contributed by atoms with van der Waals surface area (Å²) >= 11 is 0. The molecule has 1 aliphatic carbocycles. The van der Waals surface area contributed by atoms with Gasteiger partial charge in [-0.3, -0.25) is 0 Å². The van der Waals surface area contributed by atoms with Crippen LogP contribution in [0.3, 0.4) is 0 Å². The lowest BCUT2D eigenvalue weighted by Gasteiger charge is -2.05. The van der Waals surface area contributed by atoms with Gasteiger partial charge in [0.2, 0.25) is 0 Å². The summed E-state index contributed by atoms with van der Waals surface area (Å²) in [7, 11) is 0. The molecule has 0 aliphatic heterocycles. The molecule has 19 heavy (non-hydrogen) atoms. The van der Waals surface area contributed by atoms with Gasteiger partial charge in [0.05, 0.1) is 17.6 Å². The fourth-order valence-electron chi connectivity index (χ4n) is 2.19. The minimum absolute atomic E-state index is 0.807. The van der Waals surface area contributed by atoms with Crippen LogP contribution in [0.1, 0.15) is 29.7 Å². The maximum Gasteiger partial charge on any atom is 0.0969 e. The average Bonchev–Trinajstić information content (AvgIpc) is 3.10. The van der Waals surface area contributed by atoms with Crippen LogP contribution in [0, 0.1) is 19.8 Å². The molecule has 4 heteroatoms. The van der Waals surface area contributed by atoms with Crippen LogP contribution in [0.25, 0.3) is 5.69 Å². The number of aromatic nitrogens is 3. The van der Waals surface area contributed by atoms with Crippen molar-refractivity contribution in [3.05, 3.63) is 41.2 Å². The zero-order valence-electron chi connectivity index (χ0n) is 11.6. The van der Waals surface area contributed by atoms with Crippen LogP contribution in [0.2, 0.25) is 0 Å². The molecule has 1 aromatic carbocycles. The highest BCUT2D eigenvalue weighted by molar-refractivity contribution is 5.42. The third kappa shape index (κ3) is 3.01. The zero-order valence-corrected chi connectivity index (χ0v) is 11.6. The molecular weight excluding hydrogens is 236 g/mol. The van der Waals surface area contributed by atoms with Crippen LogP contribution in [-0.2, 0) is 6.54 Å². The second-order valence-corrected chi connectivity index (χ2v) is 5.52. The smallest absolute Gasteiger partial charge is 0.0969 e. The van der Waals surface area contributed by atoms with E-state index in [4.69, 9.17) is 0 Å². The third-order valence-corrected chi connectivity index (χ3v) is 3.59. The molecule has 1 N–H and O–H groups in total. The molecule has 1 fully saturated rings. The fraction of sp³-hybridized carbons (Fsp3) is 0.467. The van der Waals surface area contributed by atoms with Gasteiger partial charge in [0.15, 0.2) is 0 Å². The van der Waals surface area contributed by atoms with Gasteiger partial charge < -0.3 is 5.32 Å². The van der Waals surface area contributed by atoms with Crippen LogP contribution < -0.4 is 5.32 Å². The third-order valence-electron chi connectivity index (χ3n) is 3.59. The maximum atomic E-state index is 4.23. The van der Waals surface area contributed by atoms with Crippen LogP contribution >= 0.6 is 0 Å². The molecule has 0 radical (unpaired) electrons. The average molecular weight is 256 g/mol. The summed E-state index contributed by atoms with van der Waals surface area (Å²) in [5.74, 6) is 0.897. The first-order chi connectivity index (χ1) is 9.22. The lowest BCUT2D eigenvalue weighted by Crippen LogP contribution is -2.16. The molecule has 0 bridgehead atoms. The summed E-state index contributed by atoms with van der Waals surface area (Å²) in [6.45, 7) is 6.11. The van der Waals surface area contributed by atoms with Crippen LogP contribution in [0.15, 0.2) is 24.4 Å². The second kappa shape index (κ2) is 5.13. The topological polar surface area (TPSA) is 42.7 Å². The van der Waals surface area contributed by atoms with Gasteiger partial charge in [-0.1, -0.05) is 17.3 Å². The van der Waals surface area contributed by atoms with Crippen molar-refractivity contribution in [3.63, 3.8) is 0 Å². The Kier molecular flexibility index (Phi) is 3.34. The van der Waals surface area contributed by atoms with Crippen LogP contribution in [0.5, 0.6) is 0 Å². The minimum atomic E-state index is 0.807. The predicted molar refractivity (Wildman–Crippen MR) is 75.3 cm³/mol. The van der Waals surface area contributed by atoms with Gasteiger partial charge in [-0.2, -0.15) is 0 Å². The van der Waals surface area contributed by atoms with Crippen LogP contribution in [0.4, 0.5) is 0 Å². The summed E-state index contributed by atoms with van der Waals surface area (Å²) in [5, 5.41) is 11.9. The Morgan fingerprint density at radius 1 is 1.32 bits per heavy atom. The quantitative estimate of drug-likeness (QED) is 0.893. The molecule has 0 unspecified atom stereocenters. The fourth-order valence-corrected chi connectivity index (χ4v) is 2.19. The predicted octanol–water partition coefficient (Wildman–Crippen LogP) is 2.38. The Labute approximate surface area is 113 Å². The molecule has 1 saturated carbocycles. The number of nitrogens with zero attached hydrogens (tertiary/aromatic N) is 3. The first-order valence-electron chi connectivity index (χ1n) is 6.92. The van der Waals surface area contributed by atoms with E-state index in [1.54, 1.807) is 0 Å². The molecule has 0 saturated heterocycles. The molecule has 4 nitrogen and oxygen atoms in total. The van der Waals surface area contributed by atoms with E-state index < -0.39 is 0 Å². The molecule has 1 aromatic heterocycles. The zero-order chi connectivity index (χ0) is 13.2. The lowest BCUT2D eigenvalue weighted by molar-refractivity contribution is 0.628.